The summed E-state index contributed by atoms with van der Waals surface area (Å²) in [6.07, 6.45) is 0. The molecule has 4 rings (SSSR count). The monoisotopic (exact) mass is 487 g/mol. The summed E-state index contributed by atoms with van der Waals surface area (Å²) < 4.78 is 39.6. The number of para-hydroxylation sites is 1. The van der Waals surface area contributed by atoms with E-state index in [9.17, 15) is 22.8 Å². The van der Waals surface area contributed by atoms with Gasteiger partial charge in [-0.3, -0.25) is 9.59 Å². The number of aryl methyl sites for hydroxylation is 3. The number of rotatable bonds is 4. The summed E-state index contributed by atoms with van der Waals surface area (Å²) in [6.45, 7) is 3.30. The highest BCUT2D eigenvalue weighted by Gasteiger charge is 2.38. The van der Waals surface area contributed by atoms with E-state index in [1.54, 1.807) is 31.3 Å². The van der Waals surface area contributed by atoms with Crippen molar-refractivity contribution < 1.29 is 27.2 Å². The molecule has 0 N–H and O–H groups in total. The maximum atomic E-state index is 13.4. The Morgan fingerprint density at radius 1 is 1.03 bits per heavy atom. The van der Waals surface area contributed by atoms with Gasteiger partial charge in [0.15, 0.2) is 0 Å². The fraction of sp³-hybridized carbons (Fsp3) is 0.348. The number of methoxy groups -OCH3 is 1. The van der Waals surface area contributed by atoms with Crippen LogP contribution >= 0.6 is 0 Å². The number of carbonyl (C=O) groups excluding carboxylic acids is 2. The van der Waals surface area contributed by atoms with Crippen molar-refractivity contribution in [3.8, 4) is 0 Å². The molecule has 34 heavy (non-hydrogen) atoms. The number of furan rings is 1. The molecule has 1 aliphatic rings. The van der Waals surface area contributed by atoms with Crippen LogP contribution in [0.1, 0.15) is 32.2 Å². The molecular formula is C23H25N3O7S. The van der Waals surface area contributed by atoms with Crippen LogP contribution in [0, 0.1) is 13.8 Å². The van der Waals surface area contributed by atoms with Crippen molar-refractivity contribution in [1.82, 2.24) is 13.8 Å². The lowest BCUT2D eigenvalue weighted by molar-refractivity contribution is 0.0594. The van der Waals surface area contributed by atoms with E-state index in [2.05, 4.69) is 0 Å². The molecule has 0 spiro atoms. The highest BCUT2D eigenvalue weighted by Crippen LogP contribution is 2.30. The first-order valence-electron chi connectivity index (χ1n) is 10.6. The average Bonchev–Trinajstić information content (AvgIpc) is 3.14. The van der Waals surface area contributed by atoms with Crippen LogP contribution in [0.15, 0.2) is 44.4 Å². The number of ether oxygens (including phenoxy) is 1. The number of pyridine rings is 1. The van der Waals surface area contributed by atoms with Gasteiger partial charge in [0.2, 0.25) is 10.0 Å². The number of hydrogen-bond donors (Lipinski definition) is 0. The van der Waals surface area contributed by atoms with E-state index in [1.165, 1.54) is 40.8 Å². The van der Waals surface area contributed by atoms with Gasteiger partial charge in [-0.1, -0.05) is 18.2 Å². The van der Waals surface area contributed by atoms with E-state index in [0.717, 1.165) is 0 Å². The van der Waals surface area contributed by atoms with E-state index in [0.29, 0.717) is 10.9 Å². The Kier molecular flexibility index (Phi) is 6.09. The van der Waals surface area contributed by atoms with E-state index >= 15 is 0 Å². The predicted molar refractivity (Wildman–Crippen MR) is 123 cm³/mol. The molecule has 1 fully saturated rings. The van der Waals surface area contributed by atoms with Crippen molar-refractivity contribution in [1.29, 1.82) is 0 Å². The fourth-order valence-electron chi connectivity index (χ4n) is 4.33. The molecule has 0 bridgehead atoms. The number of piperazine rings is 1. The molecule has 3 aromatic rings. The molecule has 0 unspecified atom stereocenters. The van der Waals surface area contributed by atoms with Crippen molar-refractivity contribution >= 4 is 32.8 Å². The largest absolute Gasteiger partial charge is 0.465 e. The number of nitrogens with zero attached hydrogens (tertiary/aromatic N) is 3. The van der Waals surface area contributed by atoms with Crippen molar-refractivity contribution in [2.24, 2.45) is 7.05 Å². The average molecular weight is 488 g/mol. The molecule has 0 saturated carbocycles. The number of hydrogen-bond acceptors (Lipinski definition) is 7. The van der Waals surface area contributed by atoms with E-state index in [4.69, 9.17) is 9.15 Å². The first-order valence-corrected chi connectivity index (χ1v) is 12.1. The fourth-order valence-corrected chi connectivity index (χ4v) is 6.12. The molecule has 2 aromatic heterocycles. The number of benzene rings is 1. The molecule has 1 aromatic carbocycles. The second-order valence-electron chi connectivity index (χ2n) is 8.08. The van der Waals surface area contributed by atoms with Crippen LogP contribution in [0.4, 0.5) is 0 Å². The zero-order valence-corrected chi connectivity index (χ0v) is 20.1. The maximum Gasteiger partial charge on any atom is 0.342 e. The summed E-state index contributed by atoms with van der Waals surface area (Å²) in [5, 5.41) is 0.650. The normalized spacial score (nSPS) is 15.0. The van der Waals surface area contributed by atoms with Crippen LogP contribution in [0.2, 0.25) is 0 Å². The van der Waals surface area contributed by atoms with Crippen LogP contribution in [-0.4, -0.2) is 67.4 Å². The second kappa shape index (κ2) is 8.73. The number of aromatic nitrogens is 1. The molecule has 0 atom stereocenters. The van der Waals surface area contributed by atoms with Gasteiger partial charge in [0.25, 0.3) is 11.5 Å². The van der Waals surface area contributed by atoms with Gasteiger partial charge in [0.05, 0.1) is 18.2 Å². The molecule has 0 aliphatic carbocycles. The van der Waals surface area contributed by atoms with Gasteiger partial charge in [-0.15, -0.1) is 0 Å². The van der Waals surface area contributed by atoms with Gasteiger partial charge in [0, 0.05) is 44.7 Å². The van der Waals surface area contributed by atoms with Crippen LogP contribution in [0.5, 0.6) is 0 Å². The van der Waals surface area contributed by atoms with Gasteiger partial charge in [0.1, 0.15) is 22.0 Å². The Labute approximate surface area is 196 Å². The molecule has 0 radical (unpaired) electrons. The topological polar surface area (TPSA) is 119 Å². The lowest BCUT2D eigenvalue weighted by Crippen LogP contribution is -2.50. The summed E-state index contributed by atoms with van der Waals surface area (Å²) >= 11 is 0. The summed E-state index contributed by atoms with van der Waals surface area (Å²) in [5.41, 5.74) is 0.500. The lowest BCUT2D eigenvalue weighted by Gasteiger charge is -2.34. The molecule has 1 aliphatic heterocycles. The first kappa shape index (κ1) is 23.7. The number of carbonyl (C=O) groups is 2. The number of esters is 1. The van der Waals surface area contributed by atoms with Crippen LogP contribution in [0.25, 0.3) is 10.9 Å². The molecule has 1 amide bonds. The van der Waals surface area contributed by atoms with Gasteiger partial charge in [-0.25, -0.2) is 13.2 Å². The Balaban J connectivity index is 1.60. The quantitative estimate of drug-likeness (QED) is 0.514. The Hall–Kier alpha value is -3.44. The van der Waals surface area contributed by atoms with Crippen LogP contribution in [0.3, 0.4) is 0 Å². The third-order valence-electron chi connectivity index (χ3n) is 6.10. The lowest BCUT2D eigenvalue weighted by atomic mass is 10.1. The van der Waals surface area contributed by atoms with E-state index < -0.39 is 16.0 Å². The maximum absolute atomic E-state index is 13.4. The zero-order chi connectivity index (χ0) is 24.8. The van der Waals surface area contributed by atoms with Gasteiger partial charge in [-0.2, -0.15) is 4.31 Å². The third-order valence-corrected chi connectivity index (χ3v) is 8.16. The van der Waals surface area contributed by atoms with Gasteiger partial charge < -0.3 is 18.6 Å². The van der Waals surface area contributed by atoms with Crippen molar-refractivity contribution in [2.45, 2.75) is 18.7 Å². The van der Waals surface area contributed by atoms with E-state index in [-0.39, 0.29) is 65.2 Å². The number of fused-ring (bicyclic) bond motifs is 1. The summed E-state index contributed by atoms with van der Waals surface area (Å²) in [6, 6.07) is 8.45. The smallest absolute Gasteiger partial charge is 0.342 e. The van der Waals surface area contributed by atoms with Gasteiger partial charge >= 0.3 is 5.97 Å². The minimum atomic E-state index is -4.07. The SMILES string of the molecule is COC(=O)c1c(C)oc(C)c1S(=O)(=O)N1CCN(C(=O)c2cc(=O)n(C)c3ccccc23)CC1. The number of sulfonamides is 1. The van der Waals surface area contributed by atoms with Gasteiger partial charge in [-0.05, 0) is 19.9 Å². The molecule has 3 heterocycles. The molecule has 1 saturated heterocycles. The highest BCUT2D eigenvalue weighted by molar-refractivity contribution is 7.89. The summed E-state index contributed by atoms with van der Waals surface area (Å²) in [4.78, 5) is 39.2. The summed E-state index contributed by atoms with van der Waals surface area (Å²) in [7, 11) is -1.26. The van der Waals surface area contributed by atoms with Crippen molar-refractivity contribution in [3.63, 3.8) is 0 Å². The molecular weight excluding hydrogens is 462 g/mol. The molecule has 180 valence electrons. The highest BCUT2D eigenvalue weighted by atomic mass is 32.2. The zero-order valence-electron chi connectivity index (χ0n) is 19.3. The third kappa shape index (κ3) is 3.80. The minimum absolute atomic E-state index is 0.0289. The second-order valence-corrected chi connectivity index (χ2v) is 9.95. The van der Waals surface area contributed by atoms with Crippen molar-refractivity contribution in [2.75, 3.05) is 33.3 Å². The minimum Gasteiger partial charge on any atom is -0.465 e. The van der Waals surface area contributed by atoms with Crippen LogP contribution < -0.4 is 5.56 Å². The van der Waals surface area contributed by atoms with Crippen molar-refractivity contribution in [3.05, 3.63) is 63.3 Å². The first-order chi connectivity index (χ1) is 16.1. The molecule has 10 nitrogen and oxygen atoms in total. The standard InChI is InChI=1S/C23H25N3O7S/c1-14-20(23(29)32-4)21(15(2)33-14)34(30,31)26-11-9-25(10-12-26)22(28)17-13-19(27)24(3)18-8-6-5-7-16(17)18/h5-8,13H,9-12H2,1-4H3. The molecule has 11 heteroatoms. The number of amides is 1. The Morgan fingerprint density at radius 2 is 1.68 bits per heavy atom. The van der Waals surface area contributed by atoms with E-state index in [1.807, 2.05) is 0 Å². The Morgan fingerprint density at radius 3 is 2.32 bits per heavy atom. The Bertz CT molecular complexity index is 1460. The predicted octanol–water partition coefficient (Wildman–Crippen LogP) is 1.68. The summed E-state index contributed by atoms with van der Waals surface area (Å²) in [5.74, 6) is -0.868. The van der Waals surface area contributed by atoms with Crippen LogP contribution in [-0.2, 0) is 21.8 Å².